The van der Waals surface area contributed by atoms with E-state index in [-0.39, 0.29) is 19.3 Å². The van der Waals surface area contributed by atoms with Crippen LogP contribution >= 0.6 is 0 Å². The number of hydrogen-bond donors (Lipinski definition) is 3. The van der Waals surface area contributed by atoms with E-state index in [1.165, 1.54) is 0 Å². The average molecular weight is 133 g/mol. The monoisotopic (exact) mass is 133 g/mol. The lowest BCUT2D eigenvalue weighted by molar-refractivity contribution is 0.171. The zero-order valence-corrected chi connectivity index (χ0v) is 5.80. The number of aliphatic hydroxyl groups excluding tert-OH is 2. The summed E-state index contributed by atoms with van der Waals surface area (Å²) in [6.45, 7) is 2.91. The van der Waals surface area contributed by atoms with Gasteiger partial charge < -0.3 is 15.5 Å². The van der Waals surface area contributed by atoms with E-state index in [0.29, 0.717) is 0 Å². The molecule has 0 aliphatic heterocycles. The summed E-state index contributed by atoms with van der Waals surface area (Å²) in [6, 6.07) is -0.134. The molecule has 0 saturated carbocycles. The highest BCUT2D eigenvalue weighted by molar-refractivity contribution is 4.61. The Bertz CT molecular complexity index is 55.0. The van der Waals surface area contributed by atoms with E-state index in [1.807, 2.05) is 6.92 Å². The van der Waals surface area contributed by atoms with Gasteiger partial charge in [-0.3, -0.25) is 0 Å². The predicted molar refractivity (Wildman–Crippen MR) is 36.3 cm³/mol. The fraction of sp³-hybridized carbons (Fsp3) is 1.00. The maximum Gasteiger partial charge on any atom is 0.0607 e. The molecular weight excluding hydrogens is 118 g/mol. The van der Waals surface area contributed by atoms with Crippen LogP contribution in [0.2, 0.25) is 0 Å². The van der Waals surface area contributed by atoms with Crippen molar-refractivity contribution in [1.82, 2.24) is 5.32 Å². The average Bonchev–Trinajstić information content (AvgIpc) is 1.91. The molecule has 9 heavy (non-hydrogen) atoms. The van der Waals surface area contributed by atoms with Crippen molar-refractivity contribution < 1.29 is 10.2 Å². The van der Waals surface area contributed by atoms with Crippen molar-refractivity contribution in [2.45, 2.75) is 19.4 Å². The van der Waals surface area contributed by atoms with Crippen molar-refractivity contribution in [3.8, 4) is 0 Å². The van der Waals surface area contributed by atoms with E-state index in [1.54, 1.807) is 0 Å². The molecule has 0 aliphatic rings. The molecular formula is C6H15NO2. The zero-order valence-electron chi connectivity index (χ0n) is 5.80. The van der Waals surface area contributed by atoms with E-state index in [9.17, 15) is 0 Å². The van der Waals surface area contributed by atoms with Crippen molar-refractivity contribution in [3.63, 3.8) is 0 Å². The number of hydrogen-bond acceptors (Lipinski definition) is 3. The fourth-order valence-electron chi connectivity index (χ4n) is 0.535. The topological polar surface area (TPSA) is 52.5 Å². The van der Waals surface area contributed by atoms with Crippen LogP contribution in [0.15, 0.2) is 0 Å². The normalized spacial score (nSPS) is 10.7. The standard InChI is InChI=1S/C6H15NO2/c1-2-3-7-6(4-8)5-9/h6-9H,2-5H2,1H3. The second-order valence-corrected chi connectivity index (χ2v) is 2.02. The van der Waals surface area contributed by atoms with Gasteiger partial charge in [-0.05, 0) is 13.0 Å². The molecule has 0 fully saturated rings. The lowest BCUT2D eigenvalue weighted by Gasteiger charge is -2.11. The van der Waals surface area contributed by atoms with Gasteiger partial charge in [-0.2, -0.15) is 0 Å². The van der Waals surface area contributed by atoms with Gasteiger partial charge in [-0.25, -0.2) is 0 Å². The summed E-state index contributed by atoms with van der Waals surface area (Å²) in [5, 5.41) is 20.0. The Labute approximate surface area is 55.7 Å². The third-order valence-corrected chi connectivity index (χ3v) is 1.12. The molecule has 0 saturated heterocycles. The first kappa shape index (κ1) is 8.88. The first-order chi connectivity index (χ1) is 4.35. The van der Waals surface area contributed by atoms with Crippen LogP contribution in [0.1, 0.15) is 13.3 Å². The predicted octanol–water partition coefficient (Wildman–Crippen LogP) is -0.661. The summed E-state index contributed by atoms with van der Waals surface area (Å²) in [4.78, 5) is 0. The molecule has 56 valence electrons. The number of nitrogens with one attached hydrogen (secondary N) is 1. The maximum atomic E-state index is 8.53. The largest absolute Gasteiger partial charge is 0.395 e. The molecule has 0 atom stereocenters. The Morgan fingerprint density at radius 2 is 1.89 bits per heavy atom. The van der Waals surface area contributed by atoms with Gasteiger partial charge >= 0.3 is 0 Å². The van der Waals surface area contributed by atoms with Crippen molar-refractivity contribution in [3.05, 3.63) is 0 Å². The summed E-state index contributed by atoms with van der Waals surface area (Å²) < 4.78 is 0. The maximum absolute atomic E-state index is 8.53. The zero-order chi connectivity index (χ0) is 7.11. The molecule has 0 unspecified atom stereocenters. The van der Waals surface area contributed by atoms with E-state index in [2.05, 4.69) is 5.32 Å². The van der Waals surface area contributed by atoms with Gasteiger partial charge in [-0.1, -0.05) is 6.92 Å². The molecule has 0 aliphatic carbocycles. The van der Waals surface area contributed by atoms with Crippen LogP contribution in [-0.4, -0.2) is 36.0 Å². The van der Waals surface area contributed by atoms with Crippen molar-refractivity contribution in [2.24, 2.45) is 0 Å². The van der Waals surface area contributed by atoms with Crippen LogP contribution in [0.4, 0.5) is 0 Å². The highest BCUT2D eigenvalue weighted by Gasteiger charge is 2.00. The molecule has 0 spiro atoms. The molecule has 3 heteroatoms. The third-order valence-electron chi connectivity index (χ3n) is 1.12. The Hall–Kier alpha value is -0.120. The Balaban J connectivity index is 3.09. The van der Waals surface area contributed by atoms with Crippen LogP contribution in [0.25, 0.3) is 0 Å². The van der Waals surface area contributed by atoms with Gasteiger partial charge in [0.2, 0.25) is 0 Å². The van der Waals surface area contributed by atoms with E-state index in [4.69, 9.17) is 10.2 Å². The minimum absolute atomic E-state index is 0.0104. The number of aliphatic hydroxyl groups is 2. The van der Waals surface area contributed by atoms with Crippen LogP contribution in [0, 0.1) is 0 Å². The van der Waals surface area contributed by atoms with Crippen LogP contribution < -0.4 is 5.32 Å². The molecule has 0 aromatic heterocycles. The van der Waals surface area contributed by atoms with Crippen molar-refractivity contribution in [2.75, 3.05) is 19.8 Å². The molecule has 0 aromatic carbocycles. The van der Waals surface area contributed by atoms with E-state index < -0.39 is 0 Å². The highest BCUT2D eigenvalue weighted by atomic mass is 16.3. The van der Waals surface area contributed by atoms with E-state index >= 15 is 0 Å². The van der Waals surface area contributed by atoms with E-state index in [0.717, 1.165) is 13.0 Å². The quantitative estimate of drug-likeness (QED) is 0.466. The van der Waals surface area contributed by atoms with Gasteiger partial charge in [0, 0.05) is 0 Å². The fourth-order valence-corrected chi connectivity index (χ4v) is 0.535. The third kappa shape index (κ3) is 4.39. The van der Waals surface area contributed by atoms with Gasteiger partial charge in [0.15, 0.2) is 0 Å². The van der Waals surface area contributed by atoms with Crippen molar-refractivity contribution in [1.29, 1.82) is 0 Å². The molecule has 0 aromatic rings. The highest BCUT2D eigenvalue weighted by Crippen LogP contribution is 1.79. The van der Waals surface area contributed by atoms with Crippen LogP contribution in [0.5, 0.6) is 0 Å². The second-order valence-electron chi connectivity index (χ2n) is 2.02. The lowest BCUT2D eigenvalue weighted by atomic mass is 10.3. The molecule has 0 amide bonds. The first-order valence-electron chi connectivity index (χ1n) is 3.30. The minimum atomic E-state index is -0.134. The Morgan fingerprint density at radius 3 is 2.22 bits per heavy atom. The summed E-state index contributed by atoms with van der Waals surface area (Å²) >= 11 is 0. The molecule has 0 rings (SSSR count). The molecule has 3 nitrogen and oxygen atoms in total. The second kappa shape index (κ2) is 6.01. The van der Waals surface area contributed by atoms with Crippen LogP contribution in [0.3, 0.4) is 0 Å². The van der Waals surface area contributed by atoms with Gasteiger partial charge in [-0.15, -0.1) is 0 Å². The summed E-state index contributed by atoms with van der Waals surface area (Å²) in [5.41, 5.74) is 0. The van der Waals surface area contributed by atoms with Gasteiger partial charge in [0.25, 0.3) is 0 Å². The summed E-state index contributed by atoms with van der Waals surface area (Å²) in [7, 11) is 0. The summed E-state index contributed by atoms with van der Waals surface area (Å²) in [6.07, 6.45) is 1.02. The molecule has 0 radical (unpaired) electrons. The van der Waals surface area contributed by atoms with Crippen LogP contribution in [-0.2, 0) is 0 Å². The number of rotatable bonds is 5. The SMILES string of the molecule is CCCNC(CO)CO. The molecule has 0 bridgehead atoms. The Morgan fingerprint density at radius 1 is 1.33 bits per heavy atom. The molecule has 3 N–H and O–H groups in total. The van der Waals surface area contributed by atoms with Gasteiger partial charge in [0.05, 0.1) is 19.3 Å². The minimum Gasteiger partial charge on any atom is -0.395 e. The van der Waals surface area contributed by atoms with Gasteiger partial charge in [0.1, 0.15) is 0 Å². The first-order valence-corrected chi connectivity index (χ1v) is 3.30. The lowest BCUT2D eigenvalue weighted by Crippen LogP contribution is -2.36. The molecule has 0 heterocycles. The van der Waals surface area contributed by atoms with Crippen molar-refractivity contribution >= 4 is 0 Å². The Kier molecular flexibility index (Phi) is 5.93. The summed E-state index contributed by atoms with van der Waals surface area (Å²) in [5.74, 6) is 0. The smallest absolute Gasteiger partial charge is 0.0607 e.